The molecule has 1 atom stereocenters. The van der Waals surface area contributed by atoms with Crippen LogP contribution in [0.3, 0.4) is 0 Å². The Bertz CT molecular complexity index is 105. The lowest BCUT2D eigenvalue weighted by atomic mass is 10.3. The Balaban J connectivity index is 2.20. The minimum atomic E-state index is 0.176. The molecule has 1 heterocycles. The Kier molecular flexibility index (Phi) is 4.53. The third kappa shape index (κ3) is 3.06. The van der Waals surface area contributed by atoms with Gasteiger partial charge in [-0.2, -0.15) is 0 Å². The Labute approximate surface area is 73.1 Å². The summed E-state index contributed by atoms with van der Waals surface area (Å²) >= 11 is 0. The number of morpholine rings is 1. The Morgan fingerprint density at radius 3 is 3.17 bits per heavy atom. The smallest absolute Gasteiger partial charge is 0.0935 e. The molecular formula is C8H17NO3. The molecule has 1 rings (SSSR count). The summed E-state index contributed by atoms with van der Waals surface area (Å²) in [5.41, 5.74) is 0. The average molecular weight is 175 g/mol. The maximum absolute atomic E-state index is 8.72. The second-order valence-corrected chi connectivity index (χ2v) is 2.97. The van der Waals surface area contributed by atoms with Crippen LogP contribution in [-0.2, 0) is 9.47 Å². The van der Waals surface area contributed by atoms with Crippen molar-refractivity contribution < 1.29 is 14.6 Å². The van der Waals surface area contributed by atoms with Gasteiger partial charge in [-0.3, -0.25) is 4.90 Å². The van der Waals surface area contributed by atoms with Gasteiger partial charge in [-0.25, -0.2) is 0 Å². The Hall–Kier alpha value is -0.160. The summed E-state index contributed by atoms with van der Waals surface area (Å²) in [5, 5.41) is 8.72. The van der Waals surface area contributed by atoms with E-state index < -0.39 is 0 Å². The Morgan fingerprint density at radius 1 is 1.67 bits per heavy atom. The molecule has 0 spiro atoms. The molecule has 1 unspecified atom stereocenters. The van der Waals surface area contributed by atoms with Crippen LogP contribution >= 0.6 is 0 Å². The minimum absolute atomic E-state index is 0.176. The van der Waals surface area contributed by atoms with Crippen molar-refractivity contribution in [2.24, 2.45) is 0 Å². The zero-order valence-corrected chi connectivity index (χ0v) is 7.53. The van der Waals surface area contributed by atoms with Crippen molar-refractivity contribution >= 4 is 0 Å². The first kappa shape index (κ1) is 9.92. The minimum Gasteiger partial charge on any atom is -0.395 e. The van der Waals surface area contributed by atoms with Gasteiger partial charge in [0.25, 0.3) is 0 Å². The second kappa shape index (κ2) is 5.48. The highest BCUT2D eigenvalue weighted by molar-refractivity contribution is 4.70. The van der Waals surface area contributed by atoms with E-state index in [1.807, 2.05) is 0 Å². The van der Waals surface area contributed by atoms with Crippen LogP contribution in [0.15, 0.2) is 0 Å². The van der Waals surface area contributed by atoms with Gasteiger partial charge in [0.1, 0.15) is 0 Å². The molecule has 0 bridgehead atoms. The van der Waals surface area contributed by atoms with Crippen molar-refractivity contribution in [2.75, 3.05) is 46.6 Å². The summed E-state index contributed by atoms with van der Waals surface area (Å²) in [6.07, 6.45) is 0.176. The quantitative estimate of drug-likeness (QED) is 0.615. The second-order valence-electron chi connectivity index (χ2n) is 2.97. The van der Waals surface area contributed by atoms with Crippen LogP contribution in [0, 0.1) is 0 Å². The predicted molar refractivity (Wildman–Crippen MR) is 45.1 cm³/mol. The molecule has 0 aromatic rings. The monoisotopic (exact) mass is 175 g/mol. The molecule has 0 saturated carbocycles. The summed E-state index contributed by atoms with van der Waals surface area (Å²) in [4.78, 5) is 2.19. The molecule has 1 fully saturated rings. The van der Waals surface area contributed by atoms with Crippen molar-refractivity contribution in [2.45, 2.75) is 6.10 Å². The van der Waals surface area contributed by atoms with Gasteiger partial charge in [-0.1, -0.05) is 0 Å². The van der Waals surface area contributed by atoms with Crippen LogP contribution in [0.25, 0.3) is 0 Å². The van der Waals surface area contributed by atoms with Crippen molar-refractivity contribution in [3.63, 3.8) is 0 Å². The summed E-state index contributed by atoms with van der Waals surface area (Å²) in [5.74, 6) is 0. The number of hydrogen-bond acceptors (Lipinski definition) is 4. The molecule has 0 aromatic carbocycles. The molecule has 12 heavy (non-hydrogen) atoms. The topological polar surface area (TPSA) is 41.9 Å². The maximum Gasteiger partial charge on any atom is 0.0935 e. The van der Waals surface area contributed by atoms with Gasteiger partial charge in [0.05, 0.1) is 25.9 Å². The zero-order chi connectivity index (χ0) is 8.81. The van der Waals surface area contributed by atoms with Crippen LogP contribution in [-0.4, -0.2) is 62.7 Å². The molecule has 0 amide bonds. The molecule has 4 heteroatoms. The van der Waals surface area contributed by atoms with E-state index in [0.29, 0.717) is 6.61 Å². The largest absolute Gasteiger partial charge is 0.395 e. The van der Waals surface area contributed by atoms with Gasteiger partial charge in [-0.15, -0.1) is 0 Å². The lowest BCUT2D eigenvalue weighted by molar-refractivity contribution is -0.0633. The van der Waals surface area contributed by atoms with E-state index >= 15 is 0 Å². The highest BCUT2D eigenvalue weighted by Crippen LogP contribution is 2.04. The number of nitrogens with zero attached hydrogens (tertiary/aromatic N) is 1. The molecule has 0 radical (unpaired) electrons. The van der Waals surface area contributed by atoms with Crippen molar-refractivity contribution in [1.29, 1.82) is 0 Å². The number of ether oxygens (including phenoxy) is 2. The number of methoxy groups -OCH3 is 1. The fourth-order valence-corrected chi connectivity index (χ4v) is 1.41. The van der Waals surface area contributed by atoms with E-state index in [1.165, 1.54) is 0 Å². The Morgan fingerprint density at radius 2 is 2.50 bits per heavy atom. The third-order valence-electron chi connectivity index (χ3n) is 1.99. The van der Waals surface area contributed by atoms with Gasteiger partial charge in [-0.05, 0) is 0 Å². The number of hydrogen-bond donors (Lipinski definition) is 1. The fraction of sp³-hybridized carbons (Fsp3) is 1.00. The van der Waals surface area contributed by atoms with Gasteiger partial charge >= 0.3 is 0 Å². The van der Waals surface area contributed by atoms with Crippen molar-refractivity contribution in [3.05, 3.63) is 0 Å². The SMILES string of the molecule is COCC1CN(CCO)CCO1. The molecule has 1 aliphatic rings. The number of aliphatic hydroxyl groups is 1. The molecule has 1 N–H and O–H groups in total. The van der Waals surface area contributed by atoms with E-state index in [-0.39, 0.29) is 12.7 Å². The number of aliphatic hydroxyl groups excluding tert-OH is 1. The average Bonchev–Trinajstić information content (AvgIpc) is 2.06. The zero-order valence-electron chi connectivity index (χ0n) is 7.53. The van der Waals surface area contributed by atoms with Crippen LogP contribution < -0.4 is 0 Å². The summed E-state index contributed by atoms with van der Waals surface area (Å²) < 4.78 is 10.4. The maximum atomic E-state index is 8.72. The van der Waals surface area contributed by atoms with E-state index in [9.17, 15) is 0 Å². The number of rotatable bonds is 4. The van der Waals surface area contributed by atoms with Gasteiger partial charge in [0.2, 0.25) is 0 Å². The molecule has 0 aliphatic carbocycles. The third-order valence-corrected chi connectivity index (χ3v) is 1.99. The van der Waals surface area contributed by atoms with Crippen molar-refractivity contribution in [1.82, 2.24) is 4.90 Å². The molecule has 72 valence electrons. The normalized spacial score (nSPS) is 26.0. The lowest BCUT2D eigenvalue weighted by Gasteiger charge is -2.31. The first-order valence-corrected chi connectivity index (χ1v) is 4.30. The summed E-state index contributed by atoms with van der Waals surface area (Å²) in [7, 11) is 1.67. The lowest BCUT2D eigenvalue weighted by Crippen LogP contribution is -2.45. The van der Waals surface area contributed by atoms with E-state index in [0.717, 1.165) is 26.2 Å². The van der Waals surface area contributed by atoms with E-state index in [2.05, 4.69) is 4.90 Å². The van der Waals surface area contributed by atoms with Crippen LogP contribution in [0.1, 0.15) is 0 Å². The van der Waals surface area contributed by atoms with Gasteiger partial charge in [0, 0.05) is 26.7 Å². The standard InChI is InChI=1S/C8H17NO3/c1-11-7-8-6-9(2-4-10)3-5-12-8/h8,10H,2-7H2,1H3. The fourth-order valence-electron chi connectivity index (χ4n) is 1.41. The number of β-amino-alcohol motifs (C(OH)–C–C–N with tert-alkyl or cyclic N) is 1. The summed E-state index contributed by atoms with van der Waals surface area (Å²) in [6.45, 7) is 4.13. The van der Waals surface area contributed by atoms with Gasteiger partial charge < -0.3 is 14.6 Å². The molecule has 4 nitrogen and oxygen atoms in total. The van der Waals surface area contributed by atoms with E-state index in [4.69, 9.17) is 14.6 Å². The van der Waals surface area contributed by atoms with Crippen LogP contribution in [0.5, 0.6) is 0 Å². The molecule has 1 saturated heterocycles. The first-order chi connectivity index (χ1) is 5.86. The van der Waals surface area contributed by atoms with Crippen LogP contribution in [0.4, 0.5) is 0 Å². The highest BCUT2D eigenvalue weighted by atomic mass is 16.5. The van der Waals surface area contributed by atoms with E-state index in [1.54, 1.807) is 7.11 Å². The van der Waals surface area contributed by atoms with Gasteiger partial charge in [0.15, 0.2) is 0 Å². The molecule has 0 aromatic heterocycles. The summed E-state index contributed by atoms with van der Waals surface area (Å²) in [6, 6.07) is 0. The molecule has 1 aliphatic heterocycles. The highest BCUT2D eigenvalue weighted by Gasteiger charge is 2.19. The van der Waals surface area contributed by atoms with Crippen molar-refractivity contribution in [3.8, 4) is 0 Å². The molecular weight excluding hydrogens is 158 g/mol. The first-order valence-electron chi connectivity index (χ1n) is 4.30. The predicted octanol–water partition coefficient (Wildman–Crippen LogP) is -0.674. The van der Waals surface area contributed by atoms with Crippen LogP contribution in [0.2, 0.25) is 0 Å².